The second-order valence-electron chi connectivity index (χ2n) is 4.84. The molecule has 1 unspecified atom stereocenters. The molecule has 1 atom stereocenters. The Morgan fingerprint density at radius 2 is 2.00 bits per heavy atom. The molecule has 1 aromatic carbocycles. The first-order valence-electron chi connectivity index (χ1n) is 6.38. The van der Waals surface area contributed by atoms with E-state index in [4.69, 9.17) is 21.1 Å². The fraction of sp³-hybridized carbons (Fsp3) is 0.500. The summed E-state index contributed by atoms with van der Waals surface area (Å²) < 4.78 is 10.9. The van der Waals surface area contributed by atoms with Gasteiger partial charge in [-0.1, -0.05) is 13.8 Å². The largest absolute Gasteiger partial charge is 0.486 e. The van der Waals surface area contributed by atoms with E-state index in [1.165, 1.54) is 0 Å². The Morgan fingerprint density at radius 3 is 2.63 bits per heavy atom. The minimum absolute atomic E-state index is 0.0395. The molecule has 0 spiro atoms. The molecule has 0 saturated carbocycles. The van der Waals surface area contributed by atoms with Gasteiger partial charge in [0.05, 0.1) is 0 Å². The van der Waals surface area contributed by atoms with Crippen LogP contribution in [0.15, 0.2) is 18.2 Å². The molecule has 0 aliphatic carbocycles. The number of amides is 1. The average Bonchev–Trinajstić information content (AvgIpc) is 2.43. The molecular formula is C14H18ClNO3. The molecule has 0 aromatic heterocycles. The average molecular weight is 284 g/mol. The summed E-state index contributed by atoms with van der Waals surface area (Å²) in [4.78, 5) is 12.1. The quantitative estimate of drug-likeness (QED) is 0.864. The summed E-state index contributed by atoms with van der Waals surface area (Å²) in [6.07, 6.45) is 0. The van der Waals surface area contributed by atoms with E-state index in [2.05, 4.69) is 5.32 Å². The molecule has 1 aliphatic heterocycles. The third-order valence-electron chi connectivity index (χ3n) is 3.09. The van der Waals surface area contributed by atoms with Gasteiger partial charge in [0.15, 0.2) is 11.5 Å². The van der Waals surface area contributed by atoms with Crippen molar-refractivity contribution in [3.8, 4) is 11.5 Å². The number of fused-ring (bicyclic) bond motifs is 1. The van der Waals surface area contributed by atoms with E-state index in [0.717, 1.165) is 0 Å². The molecule has 4 nitrogen and oxygen atoms in total. The number of hydrogen-bond acceptors (Lipinski definition) is 3. The first-order valence-corrected chi connectivity index (χ1v) is 6.91. The number of hydrogen-bond donors (Lipinski definition) is 1. The van der Waals surface area contributed by atoms with Gasteiger partial charge in [-0.15, -0.1) is 11.6 Å². The zero-order chi connectivity index (χ0) is 13.8. The topological polar surface area (TPSA) is 47.6 Å². The van der Waals surface area contributed by atoms with Gasteiger partial charge in [-0.05, 0) is 24.1 Å². The minimum atomic E-state index is -0.142. The van der Waals surface area contributed by atoms with Gasteiger partial charge in [-0.25, -0.2) is 0 Å². The van der Waals surface area contributed by atoms with E-state index < -0.39 is 0 Å². The van der Waals surface area contributed by atoms with Crippen LogP contribution >= 0.6 is 11.6 Å². The van der Waals surface area contributed by atoms with Gasteiger partial charge in [0.1, 0.15) is 13.2 Å². The Labute approximate surface area is 118 Å². The number of alkyl halides is 1. The van der Waals surface area contributed by atoms with Crippen molar-refractivity contribution in [3.05, 3.63) is 23.8 Å². The third kappa shape index (κ3) is 3.32. The van der Waals surface area contributed by atoms with Gasteiger partial charge in [0, 0.05) is 17.5 Å². The van der Waals surface area contributed by atoms with Crippen LogP contribution in [0.2, 0.25) is 0 Å². The third-order valence-corrected chi connectivity index (χ3v) is 3.42. The van der Waals surface area contributed by atoms with Crippen LogP contribution in [-0.4, -0.2) is 31.0 Å². The number of ether oxygens (including phenoxy) is 2. The van der Waals surface area contributed by atoms with E-state index in [-0.39, 0.29) is 11.9 Å². The number of nitrogens with one attached hydrogen (secondary N) is 1. The van der Waals surface area contributed by atoms with E-state index >= 15 is 0 Å². The fourth-order valence-corrected chi connectivity index (χ4v) is 2.25. The predicted molar refractivity (Wildman–Crippen MR) is 74.2 cm³/mol. The van der Waals surface area contributed by atoms with Gasteiger partial charge in [0.2, 0.25) is 0 Å². The van der Waals surface area contributed by atoms with E-state index in [1.54, 1.807) is 18.2 Å². The summed E-state index contributed by atoms with van der Waals surface area (Å²) in [7, 11) is 0. The van der Waals surface area contributed by atoms with Crippen LogP contribution in [0.3, 0.4) is 0 Å². The van der Waals surface area contributed by atoms with E-state index in [9.17, 15) is 4.79 Å². The van der Waals surface area contributed by atoms with Gasteiger partial charge >= 0.3 is 0 Å². The highest BCUT2D eigenvalue weighted by Crippen LogP contribution is 2.30. The van der Waals surface area contributed by atoms with Crippen molar-refractivity contribution in [3.63, 3.8) is 0 Å². The van der Waals surface area contributed by atoms with E-state index in [0.29, 0.717) is 42.1 Å². The molecule has 0 bridgehead atoms. The molecule has 19 heavy (non-hydrogen) atoms. The lowest BCUT2D eigenvalue weighted by Gasteiger charge is -2.21. The zero-order valence-corrected chi connectivity index (χ0v) is 11.9. The van der Waals surface area contributed by atoms with Crippen LogP contribution in [0.1, 0.15) is 24.2 Å². The molecule has 2 rings (SSSR count). The van der Waals surface area contributed by atoms with Crippen molar-refractivity contribution in [2.45, 2.75) is 19.9 Å². The van der Waals surface area contributed by atoms with Crippen molar-refractivity contribution in [1.82, 2.24) is 5.32 Å². The van der Waals surface area contributed by atoms with Crippen molar-refractivity contribution in [2.75, 3.05) is 19.1 Å². The predicted octanol–water partition coefficient (Wildman–Crippen LogP) is 2.45. The zero-order valence-electron chi connectivity index (χ0n) is 11.1. The number of halogens is 1. The number of carbonyl (C=O) groups excluding carboxylic acids is 1. The normalized spacial score (nSPS) is 15.2. The molecule has 5 heteroatoms. The second kappa shape index (κ2) is 6.15. The number of carbonyl (C=O) groups is 1. The summed E-state index contributed by atoms with van der Waals surface area (Å²) in [5.74, 6) is 1.84. The molecule has 0 radical (unpaired) electrons. The van der Waals surface area contributed by atoms with Crippen LogP contribution in [0, 0.1) is 5.92 Å². The summed E-state index contributed by atoms with van der Waals surface area (Å²) in [5.41, 5.74) is 0.556. The highest BCUT2D eigenvalue weighted by atomic mass is 35.5. The van der Waals surface area contributed by atoms with Gasteiger partial charge in [-0.3, -0.25) is 4.79 Å². The first kappa shape index (κ1) is 14.0. The van der Waals surface area contributed by atoms with Gasteiger partial charge in [-0.2, -0.15) is 0 Å². The summed E-state index contributed by atoms with van der Waals surface area (Å²) >= 11 is 5.85. The molecule has 0 fully saturated rings. The maximum Gasteiger partial charge on any atom is 0.251 e. The van der Waals surface area contributed by atoms with Crippen LogP contribution in [-0.2, 0) is 0 Å². The van der Waals surface area contributed by atoms with Gasteiger partial charge < -0.3 is 14.8 Å². The summed E-state index contributed by atoms with van der Waals surface area (Å²) in [6, 6.07) is 5.15. The first-order chi connectivity index (χ1) is 9.11. The second-order valence-corrected chi connectivity index (χ2v) is 5.15. The maximum atomic E-state index is 12.1. The Hall–Kier alpha value is -1.42. The van der Waals surface area contributed by atoms with E-state index in [1.807, 2.05) is 13.8 Å². The molecule has 1 aliphatic rings. The minimum Gasteiger partial charge on any atom is -0.486 e. The molecule has 0 saturated heterocycles. The smallest absolute Gasteiger partial charge is 0.251 e. The van der Waals surface area contributed by atoms with Crippen molar-refractivity contribution < 1.29 is 14.3 Å². The van der Waals surface area contributed by atoms with Crippen molar-refractivity contribution >= 4 is 17.5 Å². The lowest BCUT2D eigenvalue weighted by atomic mass is 10.1. The molecule has 1 heterocycles. The Morgan fingerprint density at radius 1 is 1.32 bits per heavy atom. The molecule has 1 amide bonds. The van der Waals surface area contributed by atoms with Crippen LogP contribution in [0.4, 0.5) is 0 Å². The van der Waals surface area contributed by atoms with Gasteiger partial charge in [0.25, 0.3) is 5.91 Å². The Bertz CT molecular complexity index is 462. The maximum absolute atomic E-state index is 12.1. The monoisotopic (exact) mass is 283 g/mol. The van der Waals surface area contributed by atoms with Crippen molar-refractivity contribution in [1.29, 1.82) is 0 Å². The number of rotatable bonds is 4. The highest BCUT2D eigenvalue weighted by Gasteiger charge is 2.18. The lowest BCUT2D eigenvalue weighted by molar-refractivity contribution is 0.0930. The molecule has 1 N–H and O–H groups in total. The van der Waals surface area contributed by atoms with Crippen molar-refractivity contribution in [2.24, 2.45) is 5.92 Å². The number of benzene rings is 1. The lowest BCUT2D eigenvalue weighted by Crippen LogP contribution is -2.39. The summed E-state index contributed by atoms with van der Waals surface area (Å²) in [6.45, 7) is 5.10. The van der Waals surface area contributed by atoms with Crippen LogP contribution in [0.25, 0.3) is 0 Å². The van der Waals surface area contributed by atoms with Crippen LogP contribution in [0.5, 0.6) is 11.5 Å². The fourth-order valence-electron chi connectivity index (χ4n) is 1.82. The SMILES string of the molecule is CC(C)C(CCl)NC(=O)c1ccc2c(c1)OCCO2. The standard InChI is InChI=1S/C14H18ClNO3/c1-9(2)11(8-15)16-14(17)10-3-4-12-13(7-10)19-6-5-18-12/h3-4,7,9,11H,5-6,8H2,1-2H3,(H,16,17). The molecular weight excluding hydrogens is 266 g/mol. The molecule has 1 aromatic rings. The van der Waals surface area contributed by atoms with Crippen LogP contribution < -0.4 is 14.8 Å². The highest BCUT2D eigenvalue weighted by molar-refractivity contribution is 6.18. The Kier molecular flexibility index (Phi) is 4.53. The molecule has 104 valence electrons. The summed E-state index contributed by atoms with van der Waals surface area (Å²) in [5, 5.41) is 2.92. The Balaban J connectivity index is 2.11.